The third-order valence-corrected chi connectivity index (χ3v) is 4.70. The van der Waals surface area contributed by atoms with Crippen molar-refractivity contribution < 1.29 is 9.72 Å². The number of benzene rings is 1. The largest absolute Gasteiger partial charge is 0.299 e. The third kappa shape index (κ3) is 3.90. The predicted molar refractivity (Wildman–Crippen MR) is 82.1 cm³/mol. The summed E-state index contributed by atoms with van der Waals surface area (Å²) in [5.41, 5.74) is 0.906. The van der Waals surface area contributed by atoms with Crippen LogP contribution in [0.1, 0.15) is 45.1 Å². The first-order chi connectivity index (χ1) is 9.99. The zero-order valence-corrected chi connectivity index (χ0v) is 12.7. The van der Waals surface area contributed by atoms with E-state index in [2.05, 4.69) is 13.8 Å². The fourth-order valence-corrected chi connectivity index (χ4v) is 3.26. The van der Waals surface area contributed by atoms with E-state index in [1.165, 1.54) is 6.07 Å². The number of rotatable bonds is 5. The third-order valence-electron chi connectivity index (χ3n) is 4.70. The highest BCUT2D eigenvalue weighted by Gasteiger charge is 2.30. The van der Waals surface area contributed by atoms with Crippen molar-refractivity contribution in [2.24, 2.45) is 17.8 Å². The molecule has 4 nitrogen and oxygen atoms in total. The molecule has 0 bridgehead atoms. The lowest BCUT2D eigenvalue weighted by Crippen LogP contribution is -2.27. The van der Waals surface area contributed by atoms with Crippen molar-refractivity contribution in [2.45, 2.75) is 46.0 Å². The molecule has 0 aliphatic heterocycles. The molecule has 2 atom stereocenters. The molecule has 4 heteroatoms. The number of aryl methyl sites for hydroxylation is 1. The minimum atomic E-state index is -0.338. The minimum absolute atomic E-state index is 0.0750. The molecule has 1 aliphatic rings. The van der Waals surface area contributed by atoms with Gasteiger partial charge in [0.15, 0.2) is 0 Å². The first-order valence-corrected chi connectivity index (χ1v) is 7.74. The summed E-state index contributed by atoms with van der Waals surface area (Å²) in [5.74, 6) is 1.63. The van der Waals surface area contributed by atoms with Gasteiger partial charge in [-0.2, -0.15) is 0 Å². The van der Waals surface area contributed by atoms with Crippen molar-refractivity contribution >= 4 is 11.5 Å². The smallest absolute Gasteiger partial charge is 0.272 e. The van der Waals surface area contributed by atoms with Gasteiger partial charge in [0.05, 0.1) is 4.92 Å². The van der Waals surface area contributed by atoms with Crippen molar-refractivity contribution in [2.75, 3.05) is 0 Å². The van der Waals surface area contributed by atoms with Gasteiger partial charge in [0.1, 0.15) is 5.78 Å². The molecule has 0 amide bonds. The van der Waals surface area contributed by atoms with Crippen LogP contribution in [0.15, 0.2) is 24.3 Å². The first kappa shape index (κ1) is 15.7. The van der Waals surface area contributed by atoms with Gasteiger partial charge in [-0.15, -0.1) is 0 Å². The molecule has 0 N–H and O–H groups in total. The SMILES string of the molecule is CC(C)C1CCC(=O)C(CCc2ccccc2[N+](=O)[O-])C1. The Morgan fingerprint density at radius 2 is 2.05 bits per heavy atom. The Bertz CT molecular complexity index is 525. The number of hydrogen-bond donors (Lipinski definition) is 0. The molecule has 1 aromatic rings. The summed E-state index contributed by atoms with van der Waals surface area (Å²) in [5, 5.41) is 11.0. The number of ketones is 1. The van der Waals surface area contributed by atoms with Crippen LogP contribution >= 0.6 is 0 Å². The summed E-state index contributed by atoms with van der Waals surface area (Å²) < 4.78 is 0. The van der Waals surface area contributed by atoms with Crippen LogP contribution in [0, 0.1) is 27.9 Å². The quantitative estimate of drug-likeness (QED) is 0.603. The summed E-state index contributed by atoms with van der Waals surface area (Å²) in [6, 6.07) is 6.84. The molecule has 0 aromatic heterocycles. The molecule has 0 spiro atoms. The van der Waals surface area contributed by atoms with E-state index in [0.717, 1.165) is 24.8 Å². The number of carbonyl (C=O) groups excluding carboxylic acids is 1. The average molecular weight is 289 g/mol. The van der Waals surface area contributed by atoms with Gasteiger partial charge in [0.25, 0.3) is 5.69 Å². The van der Waals surface area contributed by atoms with Gasteiger partial charge < -0.3 is 0 Å². The van der Waals surface area contributed by atoms with Crippen LogP contribution in [-0.2, 0) is 11.2 Å². The van der Waals surface area contributed by atoms with E-state index in [9.17, 15) is 14.9 Å². The number of para-hydroxylation sites is 1. The first-order valence-electron chi connectivity index (χ1n) is 7.74. The molecule has 0 saturated heterocycles. The summed E-state index contributed by atoms with van der Waals surface area (Å²) in [4.78, 5) is 22.7. The lowest BCUT2D eigenvalue weighted by molar-refractivity contribution is -0.385. The lowest BCUT2D eigenvalue weighted by Gasteiger charge is -2.30. The van der Waals surface area contributed by atoms with Gasteiger partial charge in [0.2, 0.25) is 0 Å². The predicted octanol–water partition coefficient (Wildman–Crippen LogP) is 4.17. The summed E-state index contributed by atoms with van der Waals surface area (Å²) in [6.45, 7) is 4.42. The van der Waals surface area contributed by atoms with Gasteiger partial charge in [-0.3, -0.25) is 14.9 Å². The Morgan fingerprint density at radius 1 is 1.33 bits per heavy atom. The fraction of sp³-hybridized carbons (Fsp3) is 0.588. The number of Topliss-reactive ketones (excluding diaryl/α,β-unsaturated/α-hetero) is 1. The maximum absolute atomic E-state index is 12.1. The topological polar surface area (TPSA) is 60.2 Å². The van der Waals surface area contributed by atoms with E-state index < -0.39 is 0 Å². The molecule has 114 valence electrons. The fourth-order valence-electron chi connectivity index (χ4n) is 3.26. The second kappa shape index (κ2) is 6.83. The van der Waals surface area contributed by atoms with Crippen LogP contribution < -0.4 is 0 Å². The summed E-state index contributed by atoms with van der Waals surface area (Å²) in [6.07, 6.45) is 3.95. The monoisotopic (exact) mass is 289 g/mol. The zero-order chi connectivity index (χ0) is 15.4. The normalized spacial score (nSPS) is 22.5. The van der Waals surface area contributed by atoms with E-state index >= 15 is 0 Å². The van der Waals surface area contributed by atoms with E-state index in [4.69, 9.17) is 0 Å². The number of nitrogens with zero attached hydrogens (tertiary/aromatic N) is 1. The maximum Gasteiger partial charge on any atom is 0.272 e. The molecule has 1 aromatic carbocycles. The Labute approximate surface area is 125 Å². The lowest BCUT2D eigenvalue weighted by atomic mass is 9.74. The Balaban J connectivity index is 2.02. The number of hydrogen-bond acceptors (Lipinski definition) is 3. The summed E-state index contributed by atoms with van der Waals surface area (Å²) in [7, 11) is 0. The van der Waals surface area contributed by atoms with Gasteiger partial charge in [-0.05, 0) is 37.5 Å². The Kier molecular flexibility index (Phi) is 5.10. The van der Waals surface area contributed by atoms with E-state index in [0.29, 0.717) is 30.5 Å². The van der Waals surface area contributed by atoms with Crippen LogP contribution in [0.5, 0.6) is 0 Å². The van der Waals surface area contributed by atoms with Crippen molar-refractivity contribution in [3.63, 3.8) is 0 Å². The number of carbonyl (C=O) groups is 1. The number of nitro groups is 1. The maximum atomic E-state index is 12.1. The van der Waals surface area contributed by atoms with Crippen LogP contribution in [0.3, 0.4) is 0 Å². The highest BCUT2D eigenvalue weighted by Crippen LogP contribution is 2.34. The number of nitro benzene ring substituents is 1. The molecule has 2 unspecified atom stereocenters. The highest BCUT2D eigenvalue weighted by molar-refractivity contribution is 5.81. The molecule has 1 aliphatic carbocycles. The van der Waals surface area contributed by atoms with E-state index in [1.807, 2.05) is 6.07 Å². The van der Waals surface area contributed by atoms with E-state index in [-0.39, 0.29) is 16.5 Å². The standard InChI is InChI=1S/C17H23NO3/c1-12(2)14-9-10-17(19)15(11-14)8-7-13-5-3-4-6-16(13)18(20)21/h3-6,12,14-15H,7-11H2,1-2H3. The zero-order valence-electron chi connectivity index (χ0n) is 12.7. The van der Waals surface area contributed by atoms with Crippen molar-refractivity contribution in [1.82, 2.24) is 0 Å². The molecule has 1 fully saturated rings. The summed E-state index contributed by atoms with van der Waals surface area (Å²) >= 11 is 0. The molecular formula is C17H23NO3. The molecule has 2 rings (SSSR count). The molecular weight excluding hydrogens is 266 g/mol. The van der Waals surface area contributed by atoms with Crippen molar-refractivity contribution in [1.29, 1.82) is 0 Å². The minimum Gasteiger partial charge on any atom is -0.299 e. The van der Waals surface area contributed by atoms with Gasteiger partial charge in [-0.1, -0.05) is 32.0 Å². The molecule has 21 heavy (non-hydrogen) atoms. The van der Waals surface area contributed by atoms with Crippen LogP contribution in [-0.4, -0.2) is 10.7 Å². The van der Waals surface area contributed by atoms with Crippen molar-refractivity contribution in [3.8, 4) is 0 Å². The van der Waals surface area contributed by atoms with Crippen LogP contribution in [0.4, 0.5) is 5.69 Å². The second-order valence-corrected chi connectivity index (χ2v) is 6.37. The Morgan fingerprint density at radius 3 is 2.71 bits per heavy atom. The van der Waals surface area contributed by atoms with Gasteiger partial charge >= 0.3 is 0 Å². The van der Waals surface area contributed by atoms with Gasteiger partial charge in [-0.25, -0.2) is 0 Å². The van der Waals surface area contributed by atoms with Crippen LogP contribution in [0.25, 0.3) is 0 Å². The highest BCUT2D eigenvalue weighted by atomic mass is 16.6. The average Bonchev–Trinajstić information content (AvgIpc) is 2.46. The second-order valence-electron chi connectivity index (χ2n) is 6.37. The van der Waals surface area contributed by atoms with E-state index in [1.54, 1.807) is 12.1 Å². The van der Waals surface area contributed by atoms with Crippen LogP contribution in [0.2, 0.25) is 0 Å². The molecule has 1 saturated carbocycles. The van der Waals surface area contributed by atoms with Crippen molar-refractivity contribution in [3.05, 3.63) is 39.9 Å². The molecule has 0 radical (unpaired) electrons. The molecule has 0 heterocycles. The van der Waals surface area contributed by atoms with Gasteiger partial charge in [0, 0.05) is 24.0 Å². The Hall–Kier alpha value is -1.71.